The number of rotatable bonds is 3. The van der Waals surface area contributed by atoms with Gasteiger partial charge in [-0.1, -0.05) is 18.2 Å². The van der Waals surface area contributed by atoms with Crippen LogP contribution < -0.4 is 4.90 Å². The molecule has 0 unspecified atom stereocenters. The van der Waals surface area contributed by atoms with Crippen molar-refractivity contribution < 1.29 is 14.0 Å². The van der Waals surface area contributed by atoms with Crippen LogP contribution in [-0.2, 0) is 11.2 Å². The monoisotopic (exact) mass is 269 g/mol. The van der Waals surface area contributed by atoms with E-state index in [1.165, 1.54) is 29.2 Å². The van der Waals surface area contributed by atoms with Gasteiger partial charge >= 0.3 is 0 Å². The molecule has 0 saturated heterocycles. The number of nitrogens with zero attached hydrogens (tertiary/aromatic N) is 1. The van der Waals surface area contributed by atoms with Crippen LogP contribution >= 0.6 is 0 Å². The largest absolute Gasteiger partial charge is 0.304 e. The number of anilines is 1. The molecule has 0 atom stereocenters. The molecule has 0 fully saturated rings. The summed E-state index contributed by atoms with van der Waals surface area (Å²) in [7, 11) is 0. The third-order valence-corrected chi connectivity index (χ3v) is 3.39. The van der Waals surface area contributed by atoms with Gasteiger partial charge < -0.3 is 4.90 Å². The topological polar surface area (TPSA) is 37.4 Å². The van der Waals surface area contributed by atoms with Gasteiger partial charge in [-0.05, 0) is 35.9 Å². The molecule has 3 rings (SSSR count). The lowest BCUT2D eigenvalue weighted by Gasteiger charge is -2.16. The first-order valence-electron chi connectivity index (χ1n) is 6.32. The Labute approximate surface area is 115 Å². The van der Waals surface area contributed by atoms with Crippen molar-refractivity contribution in [2.45, 2.75) is 6.42 Å². The molecular formula is C16H12FNO2. The van der Waals surface area contributed by atoms with E-state index in [-0.39, 0.29) is 24.1 Å². The number of carbonyl (C=O) groups excluding carboxylic acids is 2. The van der Waals surface area contributed by atoms with Crippen LogP contribution in [0.5, 0.6) is 0 Å². The maximum atomic E-state index is 12.8. The average Bonchev–Trinajstić information content (AvgIpc) is 2.76. The highest BCUT2D eigenvalue weighted by Crippen LogP contribution is 2.28. The molecule has 0 saturated carbocycles. The van der Waals surface area contributed by atoms with Gasteiger partial charge in [0.25, 0.3) is 0 Å². The first-order chi connectivity index (χ1) is 9.65. The van der Waals surface area contributed by atoms with Crippen molar-refractivity contribution in [3.05, 3.63) is 65.5 Å². The molecule has 0 N–H and O–H groups in total. The quantitative estimate of drug-likeness (QED) is 0.803. The van der Waals surface area contributed by atoms with E-state index >= 15 is 0 Å². The minimum Gasteiger partial charge on any atom is -0.304 e. The van der Waals surface area contributed by atoms with E-state index in [9.17, 15) is 14.0 Å². The van der Waals surface area contributed by atoms with Gasteiger partial charge in [-0.2, -0.15) is 0 Å². The van der Waals surface area contributed by atoms with Gasteiger partial charge in [0.05, 0.1) is 13.0 Å². The van der Waals surface area contributed by atoms with Crippen molar-refractivity contribution in [3.63, 3.8) is 0 Å². The molecule has 0 spiro atoms. The first kappa shape index (κ1) is 12.5. The van der Waals surface area contributed by atoms with Crippen LogP contribution in [0.4, 0.5) is 10.1 Å². The number of para-hydroxylation sites is 1. The summed E-state index contributed by atoms with van der Waals surface area (Å²) in [5.74, 6) is -0.666. The molecule has 2 aromatic rings. The summed E-state index contributed by atoms with van der Waals surface area (Å²) in [6.45, 7) is -0.0124. The normalized spacial score (nSPS) is 13.4. The molecule has 0 radical (unpaired) electrons. The third-order valence-electron chi connectivity index (χ3n) is 3.39. The Morgan fingerprint density at radius 3 is 2.55 bits per heavy atom. The average molecular weight is 269 g/mol. The number of benzene rings is 2. The zero-order valence-corrected chi connectivity index (χ0v) is 10.7. The molecule has 1 amide bonds. The van der Waals surface area contributed by atoms with Crippen molar-refractivity contribution in [2.75, 3.05) is 11.4 Å². The summed E-state index contributed by atoms with van der Waals surface area (Å²) in [6, 6.07) is 12.8. The lowest BCUT2D eigenvalue weighted by Crippen LogP contribution is -2.32. The fourth-order valence-electron chi connectivity index (χ4n) is 2.36. The van der Waals surface area contributed by atoms with Crippen LogP contribution in [0.1, 0.15) is 15.9 Å². The minimum atomic E-state index is -0.385. The first-order valence-corrected chi connectivity index (χ1v) is 6.32. The molecule has 0 aromatic heterocycles. The number of halogens is 1. The van der Waals surface area contributed by atoms with Gasteiger partial charge in [0.1, 0.15) is 5.82 Å². The van der Waals surface area contributed by atoms with E-state index < -0.39 is 0 Å². The van der Waals surface area contributed by atoms with E-state index in [0.29, 0.717) is 12.0 Å². The molecule has 0 aliphatic carbocycles. The summed E-state index contributed by atoms with van der Waals surface area (Å²) >= 11 is 0. The molecule has 20 heavy (non-hydrogen) atoms. The molecule has 2 aromatic carbocycles. The van der Waals surface area contributed by atoms with Gasteiger partial charge in [-0.15, -0.1) is 0 Å². The highest BCUT2D eigenvalue weighted by molar-refractivity contribution is 6.08. The second-order valence-corrected chi connectivity index (χ2v) is 4.72. The van der Waals surface area contributed by atoms with Gasteiger partial charge in [0.15, 0.2) is 5.78 Å². The summed E-state index contributed by atoms with van der Waals surface area (Å²) in [6.07, 6.45) is 0.326. The third kappa shape index (κ3) is 2.20. The van der Waals surface area contributed by atoms with Gasteiger partial charge in [0, 0.05) is 11.3 Å². The Morgan fingerprint density at radius 1 is 1.10 bits per heavy atom. The van der Waals surface area contributed by atoms with Crippen molar-refractivity contribution in [3.8, 4) is 0 Å². The van der Waals surface area contributed by atoms with E-state index in [1.54, 1.807) is 0 Å². The van der Waals surface area contributed by atoms with Crippen LogP contribution in [-0.4, -0.2) is 18.2 Å². The number of fused-ring (bicyclic) bond motifs is 1. The smallest absolute Gasteiger partial charge is 0.231 e. The summed E-state index contributed by atoms with van der Waals surface area (Å²) in [4.78, 5) is 25.6. The fourth-order valence-corrected chi connectivity index (χ4v) is 2.36. The van der Waals surface area contributed by atoms with E-state index in [0.717, 1.165) is 11.3 Å². The van der Waals surface area contributed by atoms with Crippen LogP contribution in [0, 0.1) is 5.82 Å². The summed E-state index contributed by atoms with van der Waals surface area (Å²) < 4.78 is 12.8. The van der Waals surface area contributed by atoms with E-state index in [2.05, 4.69) is 0 Å². The Bertz CT molecular complexity index is 679. The lowest BCUT2D eigenvalue weighted by atomic mass is 10.1. The molecule has 3 nitrogen and oxygen atoms in total. The standard InChI is InChI=1S/C16H12FNO2/c17-13-7-5-11(6-8-13)15(19)10-18-14-4-2-1-3-12(14)9-16(18)20/h1-8H,9-10H2. The predicted octanol–water partition coefficient (Wildman–Crippen LogP) is 2.60. The lowest BCUT2D eigenvalue weighted by molar-refractivity contribution is -0.117. The van der Waals surface area contributed by atoms with Gasteiger partial charge in [0.2, 0.25) is 5.91 Å². The van der Waals surface area contributed by atoms with Crippen LogP contribution in [0.15, 0.2) is 48.5 Å². The maximum absolute atomic E-state index is 12.8. The molecule has 4 heteroatoms. The Hall–Kier alpha value is -2.49. The van der Waals surface area contributed by atoms with E-state index in [4.69, 9.17) is 0 Å². The summed E-state index contributed by atoms with van der Waals surface area (Å²) in [5, 5.41) is 0. The number of ketones is 1. The van der Waals surface area contributed by atoms with Gasteiger partial charge in [-0.25, -0.2) is 4.39 Å². The zero-order valence-electron chi connectivity index (χ0n) is 10.7. The molecule has 1 aliphatic rings. The SMILES string of the molecule is O=C(CN1C(=O)Cc2ccccc21)c1ccc(F)cc1. The van der Waals surface area contributed by atoms with Crippen molar-refractivity contribution >= 4 is 17.4 Å². The predicted molar refractivity (Wildman–Crippen MR) is 73.2 cm³/mol. The highest BCUT2D eigenvalue weighted by atomic mass is 19.1. The Morgan fingerprint density at radius 2 is 1.80 bits per heavy atom. The van der Waals surface area contributed by atoms with Crippen molar-refractivity contribution in [1.82, 2.24) is 0 Å². The maximum Gasteiger partial charge on any atom is 0.231 e. The minimum absolute atomic E-state index is 0.0124. The van der Waals surface area contributed by atoms with Crippen molar-refractivity contribution in [2.24, 2.45) is 0 Å². The number of carbonyl (C=O) groups is 2. The fraction of sp³-hybridized carbons (Fsp3) is 0.125. The molecule has 1 aliphatic heterocycles. The molecule has 100 valence electrons. The number of Topliss-reactive ketones (excluding diaryl/α,β-unsaturated/α-hetero) is 1. The Balaban J connectivity index is 1.83. The van der Waals surface area contributed by atoms with E-state index in [1.807, 2.05) is 24.3 Å². The number of amides is 1. The Kier molecular flexibility index (Phi) is 3.06. The molecule has 1 heterocycles. The van der Waals surface area contributed by atoms with Crippen LogP contribution in [0.25, 0.3) is 0 Å². The van der Waals surface area contributed by atoms with Crippen molar-refractivity contribution in [1.29, 1.82) is 0 Å². The number of hydrogen-bond acceptors (Lipinski definition) is 2. The second kappa shape index (κ2) is 4.89. The zero-order chi connectivity index (χ0) is 14.1. The number of hydrogen-bond donors (Lipinski definition) is 0. The molecule has 0 bridgehead atoms. The second-order valence-electron chi connectivity index (χ2n) is 4.72. The van der Waals surface area contributed by atoms with Crippen LogP contribution in [0.3, 0.4) is 0 Å². The van der Waals surface area contributed by atoms with Gasteiger partial charge in [-0.3, -0.25) is 9.59 Å². The van der Waals surface area contributed by atoms with Crippen LogP contribution in [0.2, 0.25) is 0 Å². The molecular weight excluding hydrogens is 257 g/mol. The highest BCUT2D eigenvalue weighted by Gasteiger charge is 2.28. The summed E-state index contributed by atoms with van der Waals surface area (Å²) in [5.41, 5.74) is 2.13.